The van der Waals surface area contributed by atoms with Gasteiger partial charge in [-0.1, -0.05) is 29.8 Å². The minimum atomic E-state index is -2.96. The van der Waals surface area contributed by atoms with Crippen LogP contribution in [0.2, 0.25) is 0 Å². The SMILES string of the molecule is Cc1ccc(CC(=O)N(C)Cc2c(C)nn([C@H]3CCS(=O)(=O)C3)c2C)cc1. The second kappa shape index (κ2) is 7.46. The van der Waals surface area contributed by atoms with Gasteiger partial charge < -0.3 is 4.90 Å². The molecule has 0 radical (unpaired) electrons. The van der Waals surface area contributed by atoms with Crippen LogP contribution in [0.4, 0.5) is 0 Å². The molecule has 27 heavy (non-hydrogen) atoms. The molecule has 1 atom stereocenters. The van der Waals surface area contributed by atoms with E-state index in [-0.39, 0.29) is 23.5 Å². The predicted molar refractivity (Wildman–Crippen MR) is 105 cm³/mol. The second-order valence-electron chi connectivity index (χ2n) is 7.56. The van der Waals surface area contributed by atoms with Gasteiger partial charge in [-0.2, -0.15) is 5.10 Å². The van der Waals surface area contributed by atoms with Gasteiger partial charge in [-0.05, 0) is 32.8 Å². The number of carbonyl (C=O) groups excluding carboxylic acids is 1. The van der Waals surface area contributed by atoms with Crippen LogP contribution in [0.3, 0.4) is 0 Å². The first-order chi connectivity index (χ1) is 12.7. The molecule has 7 heteroatoms. The lowest BCUT2D eigenvalue weighted by molar-refractivity contribution is -0.129. The molecular weight excluding hydrogens is 362 g/mol. The first-order valence-electron chi connectivity index (χ1n) is 9.21. The van der Waals surface area contributed by atoms with Gasteiger partial charge in [0.2, 0.25) is 5.91 Å². The van der Waals surface area contributed by atoms with Gasteiger partial charge in [0.1, 0.15) is 0 Å². The molecule has 0 spiro atoms. The maximum atomic E-state index is 12.6. The first-order valence-corrected chi connectivity index (χ1v) is 11.0. The molecule has 1 aliphatic rings. The smallest absolute Gasteiger partial charge is 0.227 e. The van der Waals surface area contributed by atoms with Crippen molar-refractivity contribution in [3.8, 4) is 0 Å². The summed E-state index contributed by atoms with van der Waals surface area (Å²) in [7, 11) is -1.17. The van der Waals surface area contributed by atoms with Gasteiger partial charge in [0, 0.05) is 24.8 Å². The van der Waals surface area contributed by atoms with Gasteiger partial charge >= 0.3 is 0 Å². The molecule has 0 N–H and O–H groups in total. The molecule has 1 saturated heterocycles. The van der Waals surface area contributed by atoms with E-state index in [1.807, 2.05) is 49.7 Å². The summed E-state index contributed by atoms with van der Waals surface area (Å²) in [6.07, 6.45) is 0.968. The Bertz CT molecular complexity index is 946. The third kappa shape index (κ3) is 4.40. The zero-order valence-corrected chi connectivity index (χ0v) is 17.2. The maximum absolute atomic E-state index is 12.6. The van der Waals surface area contributed by atoms with E-state index in [0.29, 0.717) is 19.4 Å². The summed E-state index contributed by atoms with van der Waals surface area (Å²) >= 11 is 0. The van der Waals surface area contributed by atoms with Crippen LogP contribution >= 0.6 is 0 Å². The molecule has 2 heterocycles. The highest BCUT2D eigenvalue weighted by atomic mass is 32.2. The molecule has 1 aromatic heterocycles. The lowest BCUT2D eigenvalue weighted by Gasteiger charge is -2.18. The van der Waals surface area contributed by atoms with Crippen molar-refractivity contribution in [2.24, 2.45) is 0 Å². The Hall–Kier alpha value is -2.15. The highest BCUT2D eigenvalue weighted by Gasteiger charge is 2.31. The number of aromatic nitrogens is 2. The minimum Gasteiger partial charge on any atom is -0.341 e. The van der Waals surface area contributed by atoms with Crippen molar-refractivity contribution in [2.75, 3.05) is 18.6 Å². The Morgan fingerprint density at radius 1 is 1.22 bits per heavy atom. The molecule has 146 valence electrons. The quantitative estimate of drug-likeness (QED) is 0.787. The third-order valence-electron chi connectivity index (χ3n) is 5.33. The molecule has 0 aliphatic carbocycles. The van der Waals surface area contributed by atoms with Crippen LogP contribution in [-0.2, 0) is 27.6 Å². The summed E-state index contributed by atoms with van der Waals surface area (Å²) < 4.78 is 25.4. The first kappa shape index (κ1) is 19.6. The molecule has 1 fully saturated rings. The molecule has 6 nitrogen and oxygen atoms in total. The van der Waals surface area contributed by atoms with Gasteiger partial charge in [-0.15, -0.1) is 0 Å². The Balaban J connectivity index is 1.71. The number of sulfone groups is 1. The highest BCUT2D eigenvalue weighted by Crippen LogP contribution is 2.27. The van der Waals surface area contributed by atoms with Crippen LogP contribution < -0.4 is 0 Å². The van der Waals surface area contributed by atoms with Crippen LogP contribution in [0.25, 0.3) is 0 Å². The number of aryl methyl sites for hydroxylation is 2. The fourth-order valence-corrected chi connectivity index (χ4v) is 5.28. The largest absolute Gasteiger partial charge is 0.341 e. The number of amides is 1. The summed E-state index contributed by atoms with van der Waals surface area (Å²) in [5.74, 6) is 0.422. The monoisotopic (exact) mass is 389 g/mol. The van der Waals surface area contributed by atoms with E-state index >= 15 is 0 Å². The van der Waals surface area contributed by atoms with Crippen molar-refractivity contribution in [2.45, 2.75) is 46.2 Å². The number of benzene rings is 1. The highest BCUT2D eigenvalue weighted by molar-refractivity contribution is 7.91. The van der Waals surface area contributed by atoms with Crippen molar-refractivity contribution in [3.63, 3.8) is 0 Å². The Morgan fingerprint density at radius 2 is 1.89 bits per heavy atom. The van der Waals surface area contributed by atoms with Gasteiger partial charge in [0.25, 0.3) is 0 Å². The molecule has 1 aromatic carbocycles. The Morgan fingerprint density at radius 3 is 2.48 bits per heavy atom. The molecule has 0 bridgehead atoms. The Labute approximate surface area is 161 Å². The topological polar surface area (TPSA) is 72.3 Å². The summed E-state index contributed by atoms with van der Waals surface area (Å²) in [6.45, 7) is 6.37. The average molecular weight is 390 g/mol. The standard InChI is InChI=1S/C20H27N3O3S/c1-14-5-7-17(8-6-14)11-20(24)22(4)12-19-15(2)21-23(16(19)3)18-9-10-27(25,26)13-18/h5-8,18H,9-13H2,1-4H3/t18-/m0/s1. The minimum absolute atomic E-state index is 0.0499. The zero-order chi connectivity index (χ0) is 19.8. The summed E-state index contributed by atoms with van der Waals surface area (Å²) in [6, 6.07) is 7.88. The predicted octanol–water partition coefficient (Wildman–Crippen LogP) is 2.37. The molecule has 0 saturated carbocycles. The second-order valence-corrected chi connectivity index (χ2v) is 9.79. The van der Waals surface area contributed by atoms with Gasteiger partial charge in [0.05, 0.1) is 29.7 Å². The molecule has 3 rings (SSSR count). The van der Waals surface area contributed by atoms with Gasteiger partial charge in [-0.25, -0.2) is 8.42 Å². The summed E-state index contributed by atoms with van der Waals surface area (Å²) in [4.78, 5) is 14.3. The average Bonchev–Trinajstić information content (AvgIpc) is 3.10. The third-order valence-corrected chi connectivity index (χ3v) is 7.08. The fourth-order valence-electron chi connectivity index (χ4n) is 3.59. The number of hydrogen-bond acceptors (Lipinski definition) is 4. The van der Waals surface area contributed by atoms with E-state index in [4.69, 9.17) is 0 Å². The van der Waals surface area contributed by atoms with Crippen LogP contribution in [0, 0.1) is 20.8 Å². The zero-order valence-electron chi connectivity index (χ0n) is 16.4. The normalized spacial score (nSPS) is 18.6. The molecule has 0 unspecified atom stereocenters. The lowest BCUT2D eigenvalue weighted by Crippen LogP contribution is -2.28. The van der Waals surface area contributed by atoms with E-state index in [2.05, 4.69) is 5.10 Å². The lowest BCUT2D eigenvalue weighted by atomic mass is 10.1. The van der Waals surface area contributed by atoms with E-state index in [1.54, 1.807) is 11.9 Å². The molecule has 1 amide bonds. The number of likely N-dealkylation sites (N-methyl/N-ethyl adjacent to an activating group) is 1. The van der Waals surface area contributed by atoms with E-state index in [1.165, 1.54) is 5.56 Å². The van der Waals surface area contributed by atoms with Crippen LogP contribution in [0.5, 0.6) is 0 Å². The van der Waals surface area contributed by atoms with E-state index in [0.717, 1.165) is 22.5 Å². The van der Waals surface area contributed by atoms with Crippen LogP contribution in [-0.4, -0.2) is 47.6 Å². The van der Waals surface area contributed by atoms with Crippen molar-refractivity contribution >= 4 is 15.7 Å². The fraction of sp³-hybridized carbons (Fsp3) is 0.500. The van der Waals surface area contributed by atoms with E-state index in [9.17, 15) is 13.2 Å². The van der Waals surface area contributed by atoms with E-state index < -0.39 is 9.84 Å². The summed E-state index contributed by atoms with van der Waals surface area (Å²) in [5, 5.41) is 4.58. The Kier molecular flexibility index (Phi) is 5.42. The van der Waals surface area contributed by atoms with Crippen LogP contribution in [0.15, 0.2) is 24.3 Å². The number of nitrogens with zero attached hydrogens (tertiary/aromatic N) is 3. The van der Waals surface area contributed by atoms with Crippen molar-refractivity contribution in [3.05, 3.63) is 52.3 Å². The van der Waals surface area contributed by atoms with Crippen LogP contribution in [0.1, 0.15) is 40.5 Å². The number of rotatable bonds is 5. The number of hydrogen-bond donors (Lipinski definition) is 0. The van der Waals surface area contributed by atoms with Gasteiger partial charge in [0.15, 0.2) is 9.84 Å². The number of carbonyl (C=O) groups is 1. The van der Waals surface area contributed by atoms with Gasteiger partial charge in [-0.3, -0.25) is 9.48 Å². The maximum Gasteiger partial charge on any atom is 0.227 e. The summed E-state index contributed by atoms with van der Waals surface area (Å²) in [5.41, 5.74) is 4.97. The van der Waals surface area contributed by atoms with Crippen molar-refractivity contribution in [1.82, 2.24) is 14.7 Å². The van der Waals surface area contributed by atoms with Crippen molar-refractivity contribution < 1.29 is 13.2 Å². The van der Waals surface area contributed by atoms with Crippen molar-refractivity contribution in [1.29, 1.82) is 0 Å². The molecule has 2 aromatic rings. The molecular formula is C20H27N3O3S. The molecule has 1 aliphatic heterocycles.